The zero-order valence-electron chi connectivity index (χ0n) is 12.9. The Morgan fingerprint density at radius 1 is 0.950 bits per heavy atom. The van der Waals surface area contributed by atoms with Gasteiger partial charge in [0.1, 0.15) is 0 Å². The third-order valence-electron chi connectivity index (χ3n) is 5.14. The molecule has 0 unspecified atom stereocenters. The smallest absolute Gasteiger partial charge is 0.399 e. The molecule has 1 aromatic carbocycles. The maximum atomic E-state index is 6.29. The molecule has 108 valence electrons. The van der Waals surface area contributed by atoms with E-state index < -0.39 is 0 Å². The summed E-state index contributed by atoms with van der Waals surface area (Å²) in [6, 6.07) is 6.23. The van der Waals surface area contributed by atoms with Crippen molar-refractivity contribution in [1.29, 1.82) is 0 Å². The van der Waals surface area contributed by atoms with Crippen molar-refractivity contribution >= 4 is 24.2 Å². The highest BCUT2D eigenvalue weighted by atomic mass is 35.5. The molecule has 0 aromatic heterocycles. The van der Waals surface area contributed by atoms with E-state index in [1.165, 1.54) is 18.4 Å². The van der Waals surface area contributed by atoms with Crippen LogP contribution in [0.5, 0.6) is 0 Å². The van der Waals surface area contributed by atoms with Crippen LogP contribution in [0.1, 0.15) is 53.0 Å². The van der Waals surface area contributed by atoms with Gasteiger partial charge in [-0.25, -0.2) is 0 Å². The molecule has 1 heterocycles. The Balaban J connectivity index is 1.94. The minimum Gasteiger partial charge on any atom is -0.399 e. The Kier molecular flexibility index (Phi) is 3.07. The van der Waals surface area contributed by atoms with E-state index in [1.807, 2.05) is 6.07 Å². The van der Waals surface area contributed by atoms with Gasteiger partial charge in [0.25, 0.3) is 0 Å². The summed E-state index contributed by atoms with van der Waals surface area (Å²) in [6.07, 6.45) is 2.46. The Morgan fingerprint density at radius 2 is 1.50 bits per heavy atom. The molecule has 2 fully saturated rings. The normalized spacial score (nSPS) is 25.8. The van der Waals surface area contributed by atoms with Crippen LogP contribution in [-0.4, -0.2) is 18.3 Å². The summed E-state index contributed by atoms with van der Waals surface area (Å²) in [7, 11) is -0.334. The molecule has 0 atom stereocenters. The van der Waals surface area contributed by atoms with Crippen LogP contribution in [0.15, 0.2) is 18.2 Å². The second kappa shape index (κ2) is 4.25. The number of hydrogen-bond acceptors (Lipinski definition) is 2. The lowest BCUT2D eigenvalue weighted by atomic mass is 9.77. The fourth-order valence-corrected chi connectivity index (χ4v) is 2.80. The third-order valence-corrected chi connectivity index (χ3v) is 5.36. The van der Waals surface area contributed by atoms with Crippen LogP contribution in [0, 0.1) is 0 Å². The quantitative estimate of drug-likeness (QED) is 0.774. The summed E-state index contributed by atoms with van der Waals surface area (Å²) in [5, 5.41) is 0.764. The average Bonchev–Trinajstić information content (AvgIpc) is 3.01. The van der Waals surface area contributed by atoms with Crippen molar-refractivity contribution in [3.8, 4) is 0 Å². The largest absolute Gasteiger partial charge is 0.494 e. The van der Waals surface area contributed by atoms with Gasteiger partial charge < -0.3 is 9.31 Å². The molecule has 1 saturated carbocycles. The van der Waals surface area contributed by atoms with Gasteiger partial charge in [-0.05, 0) is 69.1 Å². The first-order chi connectivity index (χ1) is 9.13. The molecule has 0 spiro atoms. The zero-order valence-corrected chi connectivity index (χ0v) is 13.7. The van der Waals surface area contributed by atoms with Crippen molar-refractivity contribution < 1.29 is 9.31 Å². The van der Waals surface area contributed by atoms with E-state index in [0.29, 0.717) is 5.41 Å². The maximum absolute atomic E-state index is 6.29. The SMILES string of the molecule is CC1(c2cc(Cl)cc(B3OC(C)(C)C(C)(C)O3)c2)CC1. The van der Waals surface area contributed by atoms with Crippen molar-refractivity contribution in [2.75, 3.05) is 0 Å². The van der Waals surface area contributed by atoms with E-state index in [0.717, 1.165) is 10.5 Å². The lowest BCUT2D eigenvalue weighted by molar-refractivity contribution is 0.00578. The molecule has 1 aliphatic carbocycles. The van der Waals surface area contributed by atoms with Gasteiger partial charge >= 0.3 is 7.12 Å². The van der Waals surface area contributed by atoms with Gasteiger partial charge in [0.15, 0.2) is 0 Å². The Labute approximate surface area is 126 Å². The van der Waals surface area contributed by atoms with Crippen molar-refractivity contribution in [2.45, 2.75) is 64.1 Å². The van der Waals surface area contributed by atoms with Gasteiger partial charge in [-0.1, -0.05) is 24.6 Å². The van der Waals surface area contributed by atoms with Crippen molar-refractivity contribution in [3.05, 3.63) is 28.8 Å². The first-order valence-corrected chi connectivity index (χ1v) is 7.67. The first kappa shape index (κ1) is 14.4. The summed E-state index contributed by atoms with van der Waals surface area (Å²) < 4.78 is 12.2. The molecule has 0 bridgehead atoms. The van der Waals surface area contributed by atoms with Gasteiger partial charge in [0.2, 0.25) is 0 Å². The number of hydrogen-bond donors (Lipinski definition) is 0. The monoisotopic (exact) mass is 292 g/mol. The molecule has 0 radical (unpaired) electrons. The van der Waals surface area contributed by atoms with E-state index >= 15 is 0 Å². The molecular weight excluding hydrogens is 270 g/mol. The van der Waals surface area contributed by atoms with Crippen LogP contribution in [0.25, 0.3) is 0 Å². The number of halogens is 1. The lowest BCUT2D eigenvalue weighted by Crippen LogP contribution is -2.41. The van der Waals surface area contributed by atoms with Crippen LogP contribution < -0.4 is 5.46 Å². The molecule has 3 rings (SSSR count). The highest BCUT2D eigenvalue weighted by molar-refractivity contribution is 6.62. The van der Waals surface area contributed by atoms with Crippen LogP contribution in [-0.2, 0) is 14.7 Å². The molecule has 2 nitrogen and oxygen atoms in total. The molecule has 0 N–H and O–H groups in total. The fraction of sp³-hybridized carbons (Fsp3) is 0.625. The lowest BCUT2D eigenvalue weighted by Gasteiger charge is -2.32. The van der Waals surface area contributed by atoms with Crippen LogP contribution >= 0.6 is 11.6 Å². The first-order valence-electron chi connectivity index (χ1n) is 7.30. The van der Waals surface area contributed by atoms with Gasteiger partial charge in [-0.2, -0.15) is 0 Å². The molecule has 2 aliphatic rings. The van der Waals surface area contributed by atoms with Gasteiger partial charge in [0, 0.05) is 5.02 Å². The highest BCUT2D eigenvalue weighted by Crippen LogP contribution is 2.48. The van der Waals surface area contributed by atoms with Gasteiger partial charge in [-0.15, -0.1) is 0 Å². The highest BCUT2D eigenvalue weighted by Gasteiger charge is 2.52. The van der Waals surface area contributed by atoms with Crippen molar-refractivity contribution in [1.82, 2.24) is 0 Å². The molecule has 20 heavy (non-hydrogen) atoms. The van der Waals surface area contributed by atoms with Gasteiger partial charge in [0.05, 0.1) is 11.2 Å². The van der Waals surface area contributed by atoms with E-state index in [2.05, 4.69) is 46.8 Å². The van der Waals surface area contributed by atoms with Crippen molar-refractivity contribution in [3.63, 3.8) is 0 Å². The summed E-state index contributed by atoms with van der Waals surface area (Å²) >= 11 is 6.29. The van der Waals surface area contributed by atoms with Gasteiger partial charge in [-0.3, -0.25) is 0 Å². The Bertz CT molecular complexity index is 533. The van der Waals surface area contributed by atoms with E-state index in [-0.39, 0.29) is 18.3 Å². The summed E-state index contributed by atoms with van der Waals surface area (Å²) in [4.78, 5) is 0. The summed E-state index contributed by atoms with van der Waals surface area (Å²) in [5.41, 5.74) is 1.99. The average molecular weight is 293 g/mol. The predicted molar refractivity (Wildman–Crippen MR) is 83.8 cm³/mol. The number of benzene rings is 1. The second-order valence-electron chi connectivity index (χ2n) is 7.42. The third kappa shape index (κ3) is 2.30. The van der Waals surface area contributed by atoms with Crippen LogP contribution in [0.3, 0.4) is 0 Å². The molecule has 1 aliphatic heterocycles. The Hall–Kier alpha value is -0.505. The summed E-state index contributed by atoms with van der Waals surface area (Å²) in [5.74, 6) is 0. The molecule has 0 amide bonds. The molecule has 1 aromatic rings. The molecular formula is C16H22BClO2. The minimum absolute atomic E-state index is 0.295. The molecule has 1 saturated heterocycles. The molecule has 4 heteroatoms. The van der Waals surface area contributed by atoms with E-state index in [4.69, 9.17) is 20.9 Å². The standard InChI is InChI=1S/C16H22BClO2/c1-14(2)15(3,4)20-17(19-14)12-8-11(9-13(18)10-12)16(5)6-7-16/h8-10H,6-7H2,1-5H3. The van der Waals surface area contributed by atoms with Crippen LogP contribution in [0.2, 0.25) is 5.02 Å². The predicted octanol–water partition coefficient (Wildman–Crippen LogP) is 3.69. The zero-order chi connectivity index (χ0) is 14.8. The topological polar surface area (TPSA) is 18.5 Å². The number of rotatable bonds is 2. The minimum atomic E-state index is -0.334. The maximum Gasteiger partial charge on any atom is 0.494 e. The van der Waals surface area contributed by atoms with E-state index in [1.54, 1.807) is 0 Å². The van der Waals surface area contributed by atoms with Crippen molar-refractivity contribution in [2.24, 2.45) is 0 Å². The second-order valence-corrected chi connectivity index (χ2v) is 7.86. The van der Waals surface area contributed by atoms with E-state index in [9.17, 15) is 0 Å². The summed E-state index contributed by atoms with van der Waals surface area (Å²) in [6.45, 7) is 10.6. The van der Waals surface area contributed by atoms with Crippen LogP contribution in [0.4, 0.5) is 0 Å². The fourth-order valence-electron chi connectivity index (χ4n) is 2.55. The Morgan fingerprint density at radius 3 is 2.00 bits per heavy atom.